The van der Waals surface area contributed by atoms with Gasteiger partial charge in [-0.05, 0) is 85.2 Å². The largest absolute Gasteiger partial charge is 0.507 e. The molecule has 2 saturated heterocycles. The maximum atomic E-state index is 15.3. The normalized spacial score (nSPS) is 27.9. The summed E-state index contributed by atoms with van der Waals surface area (Å²) in [4.78, 5) is 61.0. The summed E-state index contributed by atoms with van der Waals surface area (Å²) >= 11 is 6.40. The number of imide groups is 2. The Labute approximate surface area is 283 Å². The molecule has 1 N–H and O–H groups in total. The molecule has 4 aromatic rings. The number of aromatic hydroxyl groups is 1. The number of halogens is 1. The maximum absolute atomic E-state index is 15.3. The van der Waals surface area contributed by atoms with Gasteiger partial charge in [0.1, 0.15) is 5.75 Å². The van der Waals surface area contributed by atoms with Gasteiger partial charge in [0, 0.05) is 10.9 Å². The van der Waals surface area contributed by atoms with Crippen molar-refractivity contribution in [1.29, 1.82) is 0 Å². The number of amides is 4. The molecule has 48 heavy (non-hydrogen) atoms. The van der Waals surface area contributed by atoms with E-state index in [4.69, 9.17) is 11.6 Å². The van der Waals surface area contributed by atoms with Crippen LogP contribution >= 0.6 is 11.6 Å². The molecule has 8 rings (SSSR count). The molecule has 0 spiro atoms. The van der Waals surface area contributed by atoms with Crippen LogP contribution in [0, 0.1) is 37.5 Å². The van der Waals surface area contributed by atoms with Crippen LogP contribution in [0.25, 0.3) is 0 Å². The highest BCUT2D eigenvalue weighted by Crippen LogP contribution is 2.64. The first kappa shape index (κ1) is 30.3. The summed E-state index contributed by atoms with van der Waals surface area (Å²) in [7, 11) is 0. The number of phenols is 1. The van der Waals surface area contributed by atoms with E-state index < -0.39 is 35.0 Å². The van der Waals surface area contributed by atoms with Gasteiger partial charge < -0.3 is 5.11 Å². The highest BCUT2D eigenvalue weighted by atomic mass is 35.5. The average molecular weight is 657 g/mol. The highest BCUT2D eigenvalue weighted by molar-refractivity contribution is 6.32. The van der Waals surface area contributed by atoms with Crippen molar-refractivity contribution in [3.8, 4) is 5.75 Å². The zero-order chi connectivity index (χ0) is 33.5. The van der Waals surface area contributed by atoms with E-state index >= 15 is 4.79 Å². The minimum Gasteiger partial charge on any atom is -0.507 e. The van der Waals surface area contributed by atoms with E-state index in [-0.39, 0.29) is 35.8 Å². The second kappa shape index (κ2) is 11.0. The molecule has 2 aliphatic heterocycles. The average Bonchev–Trinajstić information content (AvgIpc) is 3.48. The van der Waals surface area contributed by atoms with E-state index in [1.807, 2.05) is 62.4 Å². The first-order valence-electron chi connectivity index (χ1n) is 16.3. The van der Waals surface area contributed by atoms with Crippen LogP contribution in [0.15, 0.2) is 109 Å². The third kappa shape index (κ3) is 4.13. The van der Waals surface area contributed by atoms with Gasteiger partial charge >= 0.3 is 0 Å². The van der Waals surface area contributed by atoms with E-state index in [0.717, 1.165) is 11.1 Å². The van der Waals surface area contributed by atoms with Gasteiger partial charge in [-0.3, -0.25) is 24.1 Å². The zero-order valence-corrected chi connectivity index (χ0v) is 27.2. The number of phenolic OH excluding ortho intramolecular Hbond substituents is 1. The number of hydrogen-bond donors (Lipinski definition) is 1. The Kier molecular flexibility index (Phi) is 6.97. The van der Waals surface area contributed by atoms with Gasteiger partial charge in [-0.15, -0.1) is 0 Å². The van der Waals surface area contributed by atoms with Crippen LogP contribution in [-0.4, -0.2) is 28.7 Å². The van der Waals surface area contributed by atoms with Crippen LogP contribution in [0.2, 0.25) is 5.02 Å². The van der Waals surface area contributed by atoms with Crippen LogP contribution in [0.1, 0.15) is 41.0 Å². The number of rotatable bonds is 4. The lowest BCUT2D eigenvalue weighted by Crippen LogP contribution is -2.53. The van der Waals surface area contributed by atoms with Crippen molar-refractivity contribution in [2.75, 3.05) is 9.80 Å². The number of carbonyl (C=O) groups is 4. The van der Waals surface area contributed by atoms with Gasteiger partial charge in [-0.2, -0.15) is 0 Å². The van der Waals surface area contributed by atoms with E-state index in [9.17, 15) is 19.5 Å². The zero-order valence-electron chi connectivity index (χ0n) is 26.5. The van der Waals surface area contributed by atoms with Crippen LogP contribution in [0.3, 0.4) is 0 Å². The highest BCUT2D eigenvalue weighted by Gasteiger charge is 2.70. The minimum absolute atomic E-state index is 0.165. The lowest BCUT2D eigenvalue weighted by Gasteiger charge is -2.51. The molecule has 2 aliphatic carbocycles. The molecule has 8 heteroatoms. The van der Waals surface area contributed by atoms with Gasteiger partial charge in [0.15, 0.2) is 0 Å². The SMILES string of the molecule is Cc1cc(C2C3=CCC4C(=O)N(c5ccccc5)C(=O)C4C3CC3C(=O)N(c4cccc(Cl)c4)C(=O)C32c2ccccc2)cc(C)c1O. The quantitative estimate of drug-likeness (QED) is 0.188. The number of fused-ring (bicyclic) bond motifs is 4. The first-order chi connectivity index (χ1) is 23.1. The Morgan fingerprint density at radius 1 is 0.729 bits per heavy atom. The van der Waals surface area contributed by atoms with Gasteiger partial charge in [0.25, 0.3) is 0 Å². The van der Waals surface area contributed by atoms with Crippen molar-refractivity contribution in [1.82, 2.24) is 0 Å². The monoisotopic (exact) mass is 656 g/mol. The summed E-state index contributed by atoms with van der Waals surface area (Å²) in [6.07, 6.45) is 2.61. The molecule has 240 valence electrons. The fourth-order valence-electron chi connectivity index (χ4n) is 9.11. The summed E-state index contributed by atoms with van der Waals surface area (Å²) in [5.74, 6) is -4.30. The number of hydrogen-bond acceptors (Lipinski definition) is 5. The second-order valence-electron chi connectivity index (χ2n) is 13.4. The summed E-state index contributed by atoms with van der Waals surface area (Å²) in [5.41, 5.74) is 3.19. The van der Waals surface area contributed by atoms with Crippen molar-refractivity contribution in [2.24, 2.45) is 23.7 Å². The summed E-state index contributed by atoms with van der Waals surface area (Å²) in [6.45, 7) is 3.64. The van der Waals surface area contributed by atoms with Gasteiger partial charge in [0.05, 0.1) is 34.5 Å². The van der Waals surface area contributed by atoms with Gasteiger partial charge in [-0.1, -0.05) is 90.0 Å². The topological polar surface area (TPSA) is 95.0 Å². The lowest BCUT2D eigenvalue weighted by atomic mass is 9.49. The smallest absolute Gasteiger partial charge is 0.246 e. The fraction of sp³-hybridized carbons (Fsp3) is 0.250. The summed E-state index contributed by atoms with van der Waals surface area (Å²) < 4.78 is 0. The van der Waals surface area contributed by atoms with Crippen LogP contribution in [-0.2, 0) is 24.6 Å². The third-order valence-electron chi connectivity index (χ3n) is 11.0. The Balaban J connectivity index is 1.38. The first-order valence-corrected chi connectivity index (χ1v) is 16.6. The number of aryl methyl sites for hydroxylation is 2. The standard InChI is InChI=1S/C40H33ClN2O5/c1-22-18-24(19-23(2)35(22)44)34-29-16-17-30-33(38(47)42(36(30)45)27-13-7-4-8-14-27)31(29)21-32-37(46)43(28-15-9-12-26(41)20-28)39(48)40(32,34)25-10-5-3-6-11-25/h3-16,18-20,30-34,44H,17,21H2,1-2H3. The van der Waals surface area contributed by atoms with Gasteiger partial charge in [0.2, 0.25) is 23.6 Å². The molecule has 0 aromatic heterocycles. The number of carbonyl (C=O) groups excluding carboxylic acids is 4. The lowest BCUT2D eigenvalue weighted by molar-refractivity contribution is -0.127. The summed E-state index contributed by atoms with van der Waals surface area (Å²) in [5, 5.41) is 11.2. The van der Waals surface area contributed by atoms with Gasteiger partial charge in [-0.25, -0.2) is 4.90 Å². The fourth-order valence-corrected chi connectivity index (χ4v) is 9.29. The van der Waals surface area contributed by atoms with Crippen LogP contribution in [0.5, 0.6) is 5.75 Å². The van der Waals surface area contributed by atoms with Crippen molar-refractivity contribution >= 4 is 46.6 Å². The molecule has 1 saturated carbocycles. The predicted molar refractivity (Wildman–Crippen MR) is 183 cm³/mol. The molecule has 6 unspecified atom stereocenters. The second-order valence-corrected chi connectivity index (χ2v) is 13.9. The Hall–Kier alpha value is -5.01. The van der Waals surface area contributed by atoms with Crippen molar-refractivity contribution in [3.63, 3.8) is 0 Å². The number of benzene rings is 4. The van der Waals surface area contributed by atoms with E-state index in [0.29, 0.717) is 39.5 Å². The van der Waals surface area contributed by atoms with Crippen molar-refractivity contribution in [3.05, 3.63) is 136 Å². The third-order valence-corrected chi connectivity index (χ3v) is 11.3. The molecule has 2 heterocycles. The van der Waals surface area contributed by atoms with Crippen molar-refractivity contribution in [2.45, 2.75) is 38.0 Å². The predicted octanol–water partition coefficient (Wildman–Crippen LogP) is 7.03. The Morgan fingerprint density at radius 3 is 2.04 bits per heavy atom. The van der Waals surface area contributed by atoms with E-state index in [2.05, 4.69) is 6.08 Å². The van der Waals surface area contributed by atoms with E-state index in [1.165, 1.54) is 9.80 Å². The van der Waals surface area contributed by atoms with E-state index in [1.54, 1.807) is 48.5 Å². The molecule has 4 amide bonds. The molecule has 7 nitrogen and oxygen atoms in total. The number of anilines is 2. The molecule has 6 atom stereocenters. The molecule has 3 fully saturated rings. The molecular weight excluding hydrogens is 624 g/mol. The summed E-state index contributed by atoms with van der Waals surface area (Å²) in [6, 6.07) is 28.9. The van der Waals surface area contributed by atoms with Crippen LogP contribution in [0.4, 0.5) is 11.4 Å². The van der Waals surface area contributed by atoms with Crippen molar-refractivity contribution < 1.29 is 24.3 Å². The van der Waals surface area contributed by atoms with Crippen LogP contribution < -0.4 is 9.80 Å². The number of allylic oxidation sites excluding steroid dienone is 2. The number of para-hydroxylation sites is 1. The molecular formula is C40H33ClN2O5. The molecule has 0 radical (unpaired) electrons. The molecule has 4 aliphatic rings. The molecule has 4 aromatic carbocycles. The molecule has 0 bridgehead atoms. The Morgan fingerprint density at radius 2 is 1.38 bits per heavy atom. The Bertz CT molecular complexity index is 2040. The maximum Gasteiger partial charge on any atom is 0.246 e. The number of nitrogens with zero attached hydrogens (tertiary/aromatic N) is 2. The minimum atomic E-state index is -1.36.